The normalized spacial score (nSPS) is 14.8. The standard InChI is InChI=1S/C21H20F3N5O/c22-21(23,24)18-6-7-19(25-13-18)27-8-10-28(11-9-27)20(30)17-12-26-29(15-17)14-16-4-2-1-3-5-16/h1-7,12-13,15H,8-11,14H2. The van der Waals surface area contributed by atoms with E-state index in [1.807, 2.05) is 35.2 Å². The molecule has 3 aromatic rings. The number of nitrogens with zero attached hydrogens (tertiary/aromatic N) is 5. The number of hydrogen-bond donors (Lipinski definition) is 0. The van der Waals surface area contributed by atoms with Gasteiger partial charge in [-0.05, 0) is 17.7 Å². The highest BCUT2D eigenvalue weighted by Gasteiger charge is 2.31. The van der Waals surface area contributed by atoms with Gasteiger partial charge in [0.25, 0.3) is 5.91 Å². The number of carbonyl (C=O) groups is 1. The molecule has 1 amide bonds. The van der Waals surface area contributed by atoms with Crippen molar-refractivity contribution in [3.05, 3.63) is 77.7 Å². The molecule has 0 bridgehead atoms. The number of halogens is 3. The Morgan fingerprint density at radius 3 is 2.33 bits per heavy atom. The molecule has 0 saturated carbocycles. The first-order valence-corrected chi connectivity index (χ1v) is 9.54. The second-order valence-electron chi connectivity index (χ2n) is 7.09. The molecule has 0 aliphatic carbocycles. The van der Waals surface area contributed by atoms with Gasteiger partial charge in [-0.2, -0.15) is 18.3 Å². The number of benzene rings is 1. The molecule has 3 heterocycles. The third kappa shape index (κ3) is 4.45. The lowest BCUT2D eigenvalue weighted by Crippen LogP contribution is -2.49. The van der Waals surface area contributed by atoms with Crippen molar-refractivity contribution >= 4 is 11.7 Å². The lowest BCUT2D eigenvalue weighted by molar-refractivity contribution is -0.137. The lowest BCUT2D eigenvalue weighted by Gasteiger charge is -2.35. The summed E-state index contributed by atoms with van der Waals surface area (Å²) < 4.78 is 39.8. The molecule has 1 aromatic carbocycles. The Bertz CT molecular complexity index is 993. The van der Waals surface area contributed by atoms with Crippen LogP contribution >= 0.6 is 0 Å². The average Bonchev–Trinajstić information content (AvgIpc) is 3.22. The molecule has 1 aliphatic heterocycles. The zero-order valence-electron chi connectivity index (χ0n) is 16.1. The molecule has 6 nitrogen and oxygen atoms in total. The van der Waals surface area contributed by atoms with Crippen molar-refractivity contribution in [3.8, 4) is 0 Å². The molecule has 4 rings (SSSR count). The Balaban J connectivity index is 1.34. The van der Waals surface area contributed by atoms with Crippen LogP contribution in [-0.4, -0.2) is 51.8 Å². The highest BCUT2D eigenvalue weighted by Crippen LogP contribution is 2.29. The summed E-state index contributed by atoms with van der Waals surface area (Å²) in [5, 5.41) is 4.27. The number of carbonyl (C=O) groups excluding carboxylic acids is 1. The molecule has 1 fully saturated rings. The summed E-state index contributed by atoms with van der Waals surface area (Å²) >= 11 is 0. The van der Waals surface area contributed by atoms with E-state index in [0.717, 1.165) is 17.8 Å². The van der Waals surface area contributed by atoms with Crippen molar-refractivity contribution in [2.75, 3.05) is 31.1 Å². The Labute approximate surface area is 171 Å². The van der Waals surface area contributed by atoms with E-state index in [4.69, 9.17) is 0 Å². The van der Waals surface area contributed by atoms with Crippen LogP contribution in [0.1, 0.15) is 21.5 Å². The van der Waals surface area contributed by atoms with Gasteiger partial charge in [0.05, 0.1) is 23.9 Å². The molecule has 2 aromatic heterocycles. The predicted octanol–water partition coefficient (Wildman–Crippen LogP) is 3.31. The van der Waals surface area contributed by atoms with E-state index < -0.39 is 11.7 Å². The number of pyridine rings is 1. The van der Waals surface area contributed by atoms with Gasteiger partial charge in [-0.1, -0.05) is 30.3 Å². The van der Waals surface area contributed by atoms with Crippen LogP contribution in [-0.2, 0) is 12.7 Å². The minimum absolute atomic E-state index is 0.102. The van der Waals surface area contributed by atoms with E-state index in [1.165, 1.54) is 6.07 Å². The minimum Gasteiger partial charge on any atom is -0.353 e. The van der Waals surface area contributed by atoms with E-state index in [2.05, 4.69) is 10.1 Å². The Kier molecular flexibility index (Phi) is 5.43. The van der Waals surface area contributed by atoms with Crippen LogP contribution in [0.25, 0.3) is 0 Å². The number of rotatable bonds is 4. The Hall–Kier alpha value is -3.36. The molecule has 0 unspecified atom stereocenters. The summed E-state index contributed by atoms with van der Waals surface area (Å²) in [6.07, 6.45) is -0.260. The van der Waals surface area contributed by atoms with E-state index in [-0.39, 0.29) is 5.91 Å². The number of piperazine rings is 1. The van der Waals surface area contributed by atoms with E-state index >= 15 is 0 Å². The summed E-state index contributed by atoms with van der Waals surface area (Å²) in [5.74, 6) is 0.375. The van der Waals surface area contributed by atoms with Gasteiger partial charge in [-0.25, -0.2) is 4.98 Å². The second-order valence-corrected chi connectivity index (χ2v) is 7.09. The molecule has 1 aliphatic rings. The number of amides is 1. The third-order valence-corrected chi connectivity index (χ3v) is 5.03. The van der Waals surface area contributed by atoms with Crippen LogP contribution in [0.3, 0.4) is 0 Å². The van der Waals surface area contributed by atoms with Crippen molar-refractivity contribution in [1.82, 2.24) is 19.7 Å². The van der Waals surface area contributed by atoms with Crippen molar-refractivity contribution < 1.29 is 18.0 Å². The quantitative estimate of drug-likeness (QED) is 0.656. The van der Waals surface area contributed by atoms with E-state index in [9.17, 15) is 18.0 Å². The summed E-state index contributed by atoms with van der Waals surface area (Å²) in [6.45, 7) is 2.52. The van der Waals surface area contributed by atoms with Gasteiger partial charge in [-0.15, -0.1) is 0 Å². The van der Waals surface area contributed by atoms with Crippen LogP contribution in [0, 0.1) is 0 Å². The van der Waals surface area contributed by atoms with Crippen LogP contribution < -0.4 is 4.90 Å². The van der Waals surface area contributed by atoms with Crippen LogP contribution in [0.2, 0.25) is 0 Å². The molecule has 1 saturated heterocycles. The summed E-state index contributed by atoms with van der Waals surface area (Å²) in [6, 6.07) is 12.2. The van der Waals surface area contributed by atoms with Gasteiger partial charge in [0.1, 0.15) is 5.82 Å². The van der Waals surface area contributed by atoms with Gasteiger partial charge in [-0.3, -0.25) is 9.48 Å². The van der Waals surface area contributed by atoms with Gasteiger partial charge in [0.2, 0.25) is 0 Å². The maximum absolute atomic E-state index is 12.8. The van der Waals surface area contributed by atoms with Crippen LogP contribution in [0.15, 0.2) is 61.1 Å². The van der Waals surface area contributed by atoms with Crippen LogP contribution in [0.5, 0.6) is 0 Å². The first-order chi connectivity index (χ1) is 14.4. The fraction of sp³-hybridized carbons (Fsp3) is 0.286. The highest BCUT2D eigenvalue weighted by molar-refractivity contribution is 5.93. The van der Waals surface area contributed by atoms with Crippen LogP contribution in [0.4, 0.5) is 19.0 Å². The molecule has 0 spiro atoms. The fourth-order valence-corrected chi connectivity index (χ4v) is 3.39. The maximum Gasteiger partial charge on any atom is 0.417 e. The fourth-order valence-electron chi connectivity index (χ4n) is 3.39. The minimum atomic E-state index is -4.40. The summed E-state index contributed by atoms with van der Waals surface area (Å²) in [4.78, 5) is 20.3. The zero-order valence-corrected chi connectivity index (χ0v) is 16.1. The average molecular weight is 415 g/mol. The Morgan fingerprint density at radius 2 is 1.70 bits per heavy atom. The Morgan fingerprint density at radius 1 is 0.967 bits per heavy atom. The topological polar surface area (TPSA) is 54.3 Å². The van der Waals surface area contributed by atoms with Crippen molar-refractivity contribution in [2.45, 2.75) is 12.7 Å². The highest BCUT2D eigenvalue weighted by atomic mass is 19.4. The number of anilines is 1. The smallest absolute Gasteiger partial charge is 0.353 e. The molecule has 156 valence electrons. The SMILES string of the molecule is O=C(c1cnn(Cc2ccccc2)c1)N1CCN(c2ccc(C(F)(F)F)cn2)CC1. The van der Waals surface area contributed by atoms with Crippen molar-refractivity contribution in [3.63, 3.8) is 0 Å². The predicted molar refractivity (Wildman–Crippen MR) is 105 cm³/mol. The molecule has 9 heteroatoms. The monoisotopic (exact) mass is 415 g/mol. The molecular weight excluding hydrogens is 395 g/mol. The first-order valence-electron chi connectivity index (χ1n) is 9.54. The number of aromatic nitrogens is 3. The molecular formula is C21H20F3N5O. The largest absolute Gasteiger partial charge is 0.417 e. The molecule has 0 atom stereocenters. The summed E-state index contributed by atoms with van der Waals surface area (Å²) in [5.41, 5.74) is 0.844. The zero-order chi connectivity index (χ0) is 21.1. The molecule has 0 radical (unpaired) electrons. The third-order valence-electron chi connectivity index (χ3n) is 5.03. The maximum atomic E-state index is 12.8. The first kappa shape index (κ1) is 19.9. The molecule has 30 heavy (non-hydrogen) atoms. The van der Waals surface area contributed by atoms with Gasteiger partial charge < -0.3 is 9.80 Å². The number of alkyl halides is 3. The summed E-state index contributed by atoms with van der Waals surface area (Å²) in [7, 11) is 0. The number of hydrogen-bond acceptors (Lipinski definition) is 4. The van der Waals surface area contributed by atoms with E-state index in [0.29, 0.717) is 44.1 Å². The van der Waals surface area contributed by atoms with Gasteiger partial charge >= 0.3 is 6.18 Å². The van der Waals surface area contributed by atoms with Gasteiger partial charge in [0, 0.05) is 38.6 Å². The van der Waals surface area contributed by atoms with E-state index in [1.54, 1.807) is 22.0 Å². The lowest BCUT2D eigenvalue weighted by atomic mass is 10.2. The second kappa shape index (κ2) is 8.17. The van der Waals surface area contributed by atoms with Gasteiger partial charge in [0.15, 0.2) is 0 Å². The van der Waals surface area contributed by atoms with Crippen molar-refractivity contribution in [1.29, 1.82) is 0 Å². The van der Waals surface area contributed by atoms with Crippen molar-refractivity contribution in [2.24, 2.45) is 0 Å². The molecule has 0 N–H and O–H groups in total.